The van der Waals surface area contributed by atoms with Crippen molar-refractivity contribution in [1.29, 1.82) is 0 Å². The Morgan fingerprint density at radius 1 is 0.878 bits per heavy atom. The molecule has 0 N–H and O–H groups in total. The van der Waals surface area contributed by atoms with Crippen LogP contribution in [0.2, 0.25) is 5.02 Å². The van der Waals surface area contributed by atoms with E-state index in [1.807, 2.05) is 42.4 Å². The van der Waals surface area contributed by atoms with Crippen molar-refractivity contribution in [2.45, 2.75) is 50.7 Å². The van der Waals surface area contributed by atoms with Crippen LogP contribution in [0.3, 0.4) is 0 Å². The molecule has 0 spiro atoms. The molecule has 0 fully saturated rings. The Labute approximate surface area is 296 Å². The van der Waals surface area contributed by atoms with Crippen molar-refractivity contribution in [3.8, 4) is 11.1 Å². The second-order valence-corrected chi connectivity index (χ2v) is 13.4. The summed E-state index contributed by atoms with van der Waals surface area (Å²) in [5, 5.41) is 5.36. The number of nitrogens with zero attached hydrogens (tertiary/aromatic N) is 6. The third-order valence-electron chi connectivity index (χ3n) is 8.42. The second-order valence-electron chi connectivity index (χ2n) is 12.0. The number of thioether (sulfide) groups is 1. The Kier molecular flexibility index (Phi) is 12.8. The van der Waals surface area contributed by atoms with Gasteiger partial charge in [0.25, 0.3) is 5.56 Å². The molecule has 0 saturated heterocycles. The fourth-order valence-electron chi connectivity index (χ4n) is 5.61. The van der Waals surface area contributed by atoms with Crippen molar-refractivity contribution in [3.63, 3.8) is 0 Å². The molecule has 0 unspecified atom stereocenters. The van der Waals surface area contributed by atoms with Crippen LogP contribution in [0.15, 0.2) is 101 Å². The number of carbonyl (C=O) groups is 1. The third-order valence-corrected chi connectivity index (χ3v) is 9.74. The van der Waals surface area contributed by atoms with Gasteiger partial charge in [0.1, 0.15) is 12.4 Å². The fraction of sp³-hybridized carbons (Fsp3) is 0.316. The predicted octanol–water partition coefficient (Wildman–Crippen LogP) is 7.08. The first kappa shape index (κ1) is 36.0. The maximum absolute atomic E-state index is 14.2. The maximum Gasteiger partial charge on any atom is 0.277 e. The first-order chi connectivity index (χ1) is 23.7. The van der Waals surface area contributed by atoms with Crippen LogP contribution in [-0.4, -0.2) is 61.2 Å². The number of halogens is 2. The van der Waals surface area contributed by atoms with Gasteiger partial charge in [-0.1, -0.05) is 85.7 Å². The van der Waals surface area contributed by atoms with Crippen molar-refractivity contribution in [2.75, 3.05) is 26.2 Å². The van der Waals surface area contributed by atoms with Crippen molar-refractivity contribution in [3.05, 3.63) is 135 Å². The quantitative estimate of drug-likeness (QED) is 0.0809. The minimum Gasteiger partial charge on any atom is -0.337 e. The standard InChI is InChI=1S/C38H42ClFN6O2S/c1-4-44(5-2)19-6-20-45(24-28-7-11-31(12-8-28)32-13-15-34(39)16-14-32)36(47)26-46-25-33(21-30-22-41-43(3)23-30)37(48)42-38(46)49-27-29-9-17-35(40)18-10-29/h7-18,22-23,25H,4-6,19-21,24,26-27H2,1-3H3. The number of benzene rings is 3. The zero-order chi connectivity index (χ0) is 34.8. The van der Waals surface area contributed by atoms with Gasteiger partial charge in [0.15, 0.2) is 5.16 Å². The van der Waals surface area contributed by atoms with Gasteiger partial charge in [-0.25, -0.2) is 4.39 Å². The summed E-state index contributed by atoms with van der Waals surface area (Å²) in [5.74, 6) is 0.0914. The molecule has 256 valence electrons. The lowest BCUT2D eigenvalue weighted by Gasteiger charge is -2.26. The summed E-state index contributed by atoms with van der Waals surface area (Å²) in [6.07, 6.45) is 6.52. The van der Waals surface area contributed by atoms with Crippen LogP contribution in [0.25, 0.3) is 11.1 Å². The highest BCUT2D eigenvalue weighted by atomic mass is 35.5. The van der Waals surface area contributed by atoms with Gasteiger partial charge in [-0.3, -0.25) is 14.3 Å². The second kappa shape index (κ2) is 17.4. The zero-order valence-corrected chi connectivity index (χ0v) is 29.8. The highest BCUT2D eigenvalue weighted by molar-refractivity contribution is 7.98. The SMILES string of the molecule is CCN(CC)CCCN(Cc1ccc(-c2ccc(Cl)cc2)cc1)C(=O)Cn1cc(Cc2cnn(C)c2)c(=O)nc1SCc1ccc(F)cc1. The molecule has 8 nitrogen and oxygen atoms in total. The predicted molar refractivity (Wildman–Crippen MR) is 195 cm³/mol. The van der Waals surface area contributed by atoms with Crippen LogP contribution in [0.4, 0.5) is 4.39 Å². The first-order valence-corrected chi connectivity index (χ1v) is 17.9. The summed E-state index contributed by atoms with van der Waals surface area (Å²) in [5.41, 5.74) is 5.08. The number of aryl methyl sites for hydroxylation is 1. The monoisotopic (exact) mass is 700 g/mol. The normalized spacial score (nSPS) is 11.3. The molecule has 1 amide bonds. The van der Waals surface area contributed by atoms with E-state index >= 15 is 0 Å². The van der Waals surface area contributed by atoms with Gasteiger partial charge in [-0.05, 0) is 78.1 Å². The molecule has 0 radical (unpaired) electrons. The summed E-state index contributed by atoms with van der Waals surface area (Å²) in [6, 6.07) is 22.2. The number of hydrogen-bond donors (Lipinski definition) is 0. The van der Waals surface area contributed by atoms with E-state index in [-0.39, 0.29) is 23.8 Å². The molecule has 0 bridgehead atoms. The van der Waals surface area contributed by atoms with E-state index in [0.717, 1.165) is 53.9 Å². The lowest BCUT2D eigenvalue weighted by Crippen LogP contribution is -2.37. The Hall–Kier alpha value is -4.25. The molecule has 0 saturated carbocycles. The lowest BCUT2D eigenvalue weighted by molar-refractivity contribution is -0.132. The zero-order valence-electron chi connectivity index (χ0n) is 28.2. The molecule has 2 heterocycles. The number of rotatable bonds is 16. The van der Waals surface area contributed by atoms with E-state index in [4.69, 9.17) is 11.6 Å². The molecule has 0 atom stereocenters. The van der Waals surface area contributed by atoms with Crippen LogP contribution >= 0.6 is 23.4 Å². The Morgan fingerprint density at radius 2 is 1.53 bits per heavy atom. The average Bonchev–Trinajstić information content (AvgIpc) is 3.52. The van der Waals surface area contributed by atoms with Gasteiger partial charge >= 0.3 is 0 Å². The highest BCUT2D eigenvalue weighted by Crippen LogP contribution is 2.24. The number of hydrogen-bond acceptors (Lipinski definition) is 6. The van der Waals surface area contributed by atoms with Crippen molar-refractivity contribution in [2.24, 2.45) is 7.05 Å². The van der Waals surface area contributed by atoms with Gasteiger partial charge in [-0.15, -0.1) is 0 Å². The smallest absolute Gasteiger partial charge is 0.277 e. The van der Waals surface area contributed by atoms with E-state index < -0.39 is 0 Å². The number of amides is 1. The minimum atomic E-state index is -0.342. The van der Waals surface area contributed by atoms with E-state index in [9.17, 15) is 14.0 Å². The van der Waals surface area contributed by atoms with E-state index in [1.54, 1.807) is 33.8 Å². The van der Waals surface area contributed by atoms with Gasteiger partial charge < -0.3 is 14.4 Å². The van der Waals surface area contributed by atoms with E-state index in [0.29, 0.717) is 41.0 Å². The topological polar surface area (TPSA) is 76.3 Å². The lowest BCUT2D eigenvalue weighted by atomic mass is 10.0. The molecule has 5 rings (SSSR count). The molecule has 5 aromatic rings. The van der Waals surface area contributed by atoms with Crippen LogP contribution in [0.1, 0.15) is 42.5 Å². The molecule has 3 aromatic carbocycles. The number of aromatic nitrogens is 4. The average molecular weight is 701 g/mol. The largest absolute Gasteiger partial charge is 0.337 e. The molecule has 0 aliphatic rings. The maximum atomic E-state index is 14.2. The van der Waals surface area contributed by atoms with E-state index in [1.165, 1.54) is 23.9 Å². The fourth-order valence-corrected chi connectivity index (χ4v) is 6.66. The molecular weight excluding hydrogens is 659 g/mol. The van der Waals surface area contributed by atoms with Crippen molar-refractivity contribution in [1.82, 2.24) is 29.1 Å². The Bertz CT molecular complexity index is 1870. The van der Waals surface area contributed by atoms with Crippen LogP contribution < -0.4 is 5.56 Å². The van der Waals surface area contributed by atoms with Crippen LogP contribution in [0.5, 0.6) is 0 Å². The summed E-state index contributed by atoms with van der Waals surface area (Å²) < 4.78 is 17.0. The van der Waals surface area contributed by atoms with Gasteiger partial charge in [0.05, 0.1) is 6.20 Å². The molecule has 11 heteroatoms. The summed E-state index contributed by atoms with van der Waals surface area (Å²) in [6.45, 7) is 8.14. The van der Waals surface area contributed by atoms with E-state index in [2.05, 4.69) is 53.1 Å². The first-order valence-electron chi connectivity index (χ1n) is 16.5. The van der Waals surface area contributed by atoms with Gasteiger partial charge in [0.2, 0.25) is 5.91 Å². The molecule has 0 aliphatic carbocycles. The van der Waals surface area contributed by atoms with Crippen molar-refractivity contribution >= 4 is 29.3 Å². The van der Waals surface area contributed by atoms with Crippen LogP contribution in [-0.2, 0) is 37.1 Å². The van der Waals surface area contributed by atoms with Crippen molar-refractivity contribution < 1.29 is 9.18 Å². The summed E-state index contributed by atoms with van der Waals surface area (Å²) in [7, 11) is 1.83. The highest BCUT2D eigenvalue weighted by Gasteiger charge is 2.19. The molecule has 0 aliphatic heterocycles. The van der Waals surface area contributed by atoms with Gasteiger partial charge in [-0.2, -0.15) is 10.1 Å². The summed E-state index contributed by atoms with van der Waals surface area (Å²) >= 11 is 7.44. The molecule has 49 heavy (non-hydrogen) atoms. The Morgan fingerprint density at radius 3 is 2.16 bits per heavy atom. The van der Waals surface area contributed by atoms with Crippen LogP contribution in [0, 0.1) is 5.82 Å². The molecular formula is C38H42ClFN6O2S. The van der Waals surface area contributed by atoms with Gasteiger partial charge in [0, 0.05) is 55.3 Å². The third kappa shape index (κ3) is 10.4. The number of carbonyl (C=O) groups excluding carboxylic acids is 1. The molecule has 2 aromatic heterocycles. The summed E-state index contributed by atoms with van der Waals surface area (Å²) in [4.78, 5) is 36.1. The minimum absolute atomic E-state index is 0.0210. The Balaban J connectivity index is 1.40.